The highest BCUT2D eigenvalue weighted by Crippen LogP contribution is 2.05. The second kappa shape index (κ2) is 5.80. The molecule has 8 heteroatoms. The Morgan fingerprint density at radius 3 is 3.05 bits per heavy atom. The predicted octanol–water partition coefficient (Wildman–Crippen LogP) is 0.686. The second-order valence-electron chi connectivity index (χ2n) is 3.50. The number of amides is 1. The average Bonchev–Trinajstić information content (AvgIpc) is 3.00. The van der Waals surface area contributed by atoms with Crippen molar-refractivity contribution in [2.45, 2.75) is 13.5 Å². The Hall–Kier alpha value is -2.64. The van der Waals surface area contributed by atoms with Gasteiger partial charge in [-0.05, 0) is 19.1 Å². The van der Waals surface area contributed by atoms with Crippen molar-refractivity contribution in [3.05, 3.63) is 30.4 Å². The Kier molecular flexibility index (Phi) is 3.91. The van der Waals surface area contributed by atoms with Gasteiger partial charge in [0.25, 0.3) is 5.91 Å². The van der Waals surface area contributed by atoms with Gasteiger partial charge in [-0.15, -0.1) is 5.10 Å². The number of hydrogen-bond donors (Lipinski definition) is 1. The standard InChI is InChI=1S/C11H12N4O4/c1-2-18-10(16)7-15-12-6-9(14-15)13-11(17)8-4-3-5-19-8/h3-6H,2,7H2,1H3,(H,13,14,17). The Labute approximate surface area is 108 Å². The first-order valence-corrected chi connectivity index (χ1v) is 5.59. The van der Waals surface area contributed by atoms with E-state index in [9.17, 15) is 9.59 Å². The van der Waals surface area contributed by atoms with Crippen LogP contribution in [-0.4, -0.2) is 33.5 Å². The fourth-order valence-corrected chi connectivity index (χ4v) is 1.34. The summed E-state index contributed by atoms with van der Waals surface area (Å²) in [6.07, 6.45) is 2.73. The van der Waals surface area contributed by atoms with Gasteiger partial charge in [0.15, 0.2) is 18.1 Å². The summed E-state index contributed by atoms with van der Waals surface area (Å²) in [4.78, 5) is 24.0. The summed E-state index contributed by atoms with van der Waals surface area (Å²) in [6.45, 7) is 1.90. The number of hydrogen-bond acceptors (Lipinski definition) is 6. The molecule has 0 atom stereocenters. The molecule has 0 saturated carbocycles. The smallest absolute Gasteiger partial charge is 0.329 e. The Morgan fingerprint density at radius 1 is 1.53 bits per heavy atom. The Bertz CT molecular complexity index is 561. The van der Waals surface area contributed by atoms with E-state index in [0.29, 0.717) is 6.61 Å². The maximum Gasteiger partial charge on any atom is 0.329 e. The molecule has 19 heavy (non-hydrogen) atoms. The minimum Gasteiger partial charge on any atom is -0.465 e. The van der Waals surface area contributed by atoms with E-state index in [1.54, 1.807) is 13.0 Å². The molecule has 1 amide bonds. The summed E-state index contributed by atoms with van der Waals surface area (Å²) < 4.78 is 9.68. The summed E-state index contributed by atoms with van der Waals surface area (Å²) >= 11 is 0. The molecule has 2 heterocycles. The van der Waals surface area contributed by atoms with Crippen LogP contribution in [0.4, 0.5) is 5.82 Å². The van der Waals surface area contributed by atoms with Gasteiger partial charge in [-0.25, -0.2) is 4.79 Å². The van der Waals surface area contributed by atoms with Crippen molar-refractivity contribution >= 4 is 17.7 Å². The van der Waals surface area contributed by atoms with Crippen LogP contribution < -0.4 is 5.32 Å². The molecule has 0 spiro atoms. The average molecular weight is 264 g/mol. The van der Waals surface area contributed by atoms with Gasteiger partial charge in [-0.3, -0.25) is 4.79 Å². The first-order chi connectivity index (χ1) is 9.19. The molecule has 0 aliphatic carbocycles. The van der Waals surface area contributed by atoms with Gasteiger partial charge < -0.3 is 14.5 Å². The monoisotopic (exact) mass is 264 g/mol. The highest BCUT2D eigenvalue weighted by Gasteiger charge is 2.12. The second-order valence-corrected chi connectivity index (χ2v) is 3.50. The van der Waals surface area contributed by atoms with Gasteiger partial charge in [0, 0.05) is 0 Å². The SMILES string of the molecule is CCOC(=O)Cn1ncc(NC(=O)c2ccco2)n1. The first-order valence-electron chi connectivity index (χ1n) is 5.59. The van der Waals surface area contributed by atoms with Gasteiger partial charge >= 0.3 is 5.97 Å². The van der Waals surface area contributed by atoms with Crippen LogP contribution in [0, 0.1) is 0 Å². The van der Waals surface area contributed by atoms with Crippen LogP contribution in [0.5, 0.6) is 0 Å². The molecule has 1 N–H and O–H groups in total. The number of carbonyl (C=O) groups is 2. The van der Waals surface area contributed by atoms with Crippen LogP contribution in [0.3, 0.4) is 0 Å². The summed E-state index contributed by atoms with van der Waals surface area (Å²) in [5.41, 5.74) is 0. The molecule has 0 fully saturated rings. The van der Waals surface area contributed by atoms with Gasteiger partial charge in [-0.1, -0.05) is 0 Å². The molecule has 0 radical (unpaired) electrons. The van der Waals surface area contributed by atoms with Crippen molar-refractivity contribution in [2.75, 3.05) is 11.9 Å². The molecular weight excluding hydrogens is 252 g/mol. The molecule has 0 aliphatic heterocycles. The molecule has 0 saturated heterocycles. The summed E-state index contributed by atoms with van der Waals surface area (Å²) in [5, 5.41) is 10.2. The maximum absolute atomic E-state index is 11.6. The van der Waals surface area contributed by atoms with Crippen LogP contribution >= 0.6 is 0 Å². The lowest BCUT2D eigenvalue weighted by atomic mass is 10.4. The zero-order chi connectivity index (χ0) is 13.7. The van der Waals surface area contributed by atoms with Crippen LogP contribution in [0.15, 0.2) is 29.0 Å². The minimum atomic E-state index is -0.443. The third-order valence-electron chi connectivity index (χ3n) is 2.10. The molecule has 0 unspecified atom stereocenters. The number of anilines is 1. The van der Waals surface area contributed by atoms with E-state index in [1.807, 2.05) is 0 Å². The molecular formula is C11H12N4O4. The zero-order valence-corrected chi connectivity index (χ0v) is 10.2. The normalized spacial score (nSPS) is 10.2. The fourth-order valence-electron chi connectivity index (χ4n) is 1.34. The van der Waals surface area contributed by atoms with Gasteiger partial charge in [0.2, 0.25) is 0 Å². The third kappa shape index (κ3) is 3.41. The van der Waals surface area contributed by atoms with Crippen molar-refractivity contribution in [2.24, 2.45) is 0 Å². The highest BCUT2D eigenvalue weighted by atomic mass is 16.5. The lowest BCUT2D eigenvalue weighted by Gasteiger charge is -2.00. The molecule has 0 bridgehead atoms. The number of esters is 1. The quantitative estimate of drug-likeness (QED) is 0.797. The fraction of sp³-hybridized carbons (Fsp3) is 0.273. The van der Waals surface area contributed by atoms with Crippen LogP contribution in [0.25, 0.3) is 0 Å². The lowest BCUT2D eigenvalue weighted by Crippen LogP contribution is -2.16. The van der Waals surface area contributed by atoms with Crippen LogP contribution in [-0.2, 0) is 16.1 Å². The molecule has 0 aliphatic rings. The van der Waals surface area contributed by atoms with E-state index >= 15 is 0 Å². The molecule has 100 valence electrons. The number of aromatic nitrogens is 3. The molecule has 0 aromatic carbocycles. The van der Waals surface area contributed by atoms with Crippen LogP contribution in [0.1, 0.15) is 17.5 Å². The topological polar surface area (TPSA) is 99.2 Å². The van der Waals surface area contributed by atoms with Gasteiger partial charge in [0.05, 0.1) is 19.1 Å². The predicted molar refractivity (Wildman–Crippen MR) is 63.3 cm³/mol. The molecule has 2 rings (SSSR count). The van der Waals surface area contributed by atoms with Crippen molar-refractivity contribution < 1.29 is 18.7 Å². The van der Waals surface area contributed by atoms with Gasteiger partial charge in [0.1, 0.15) is 0 Å². The number of furan rings is 1. The van der Waals surface area contributed by atoms with E-state index in [2.05, 4.69) is 15.5 Å². The van der Waals surface area contributed by atoms with Crippen molar-refractivity contribution in [1.29, 1.82) is 0 Å². The number of nitrogens with one attached hydrogen (secondary N) is 1. The van der Waals surface area contributed by atoms with E-state index < -0.39 is 11.9 Å². The Morgan fingerprint density at radius 2 is 2.37 bits per heavy atom. The minimum absolute atomic E-state index is 0.107. The number of ether oxygens (including phenoxy) is 1. The summed E-state index contributed by atoms with van der Waals surface area (Å²) in [5.74, 6) is -0.485. The lowest BCUT2D eigenvalue weighted by molar-refractivity contribution is -0.144. The van der Waals surface area contributed by atoms with E-state index in [4.69, 9.17) is 9.15 Å². The number of carbonyl (C=O) groups excluding carboxylic acids is 2. The van der Waals surface area contributed by atoms with E-state index in [0.717, 1.165) is 4.80 Å². The maximum atomic E-state index is 11.6. The number of nitrogens with zero attached hydrogens (tertiary/aromatic N) is 3. The molecule has 8 nitrogen and oxygen atoms in total. The Balaban J connectivity index is 1.94. The summed E-state index contributed by atoms with van der Waals surface area (Å²) in [7, 11) is 0. The number of rotatable bonds is 5. The highest BCUT2D eigenvalue weighted by molar-refractivity contribution is 6.01. The van der Waals surface area contributed by atoms with Crippen molar-refractivity contribution in [3.8, 4) is 0 Å². The van der Waals surface area contributed by atoms with Crippen LogP contribution in [0.2, 0.25) is 0 Å². The largest absolute Gasteiger partial charge is 0.465 e. The van der Waals surface area contributed by atoms with Crippen molar-refractivity contribution in [3.63, 3.8) is 0 Å². The first kappa shape index (κ1) is 12.8. The third-order valence-corrected chi connectivity index (χ3v) is 2.10. The zero-order valence-electron chi connectivity index (χ0n) is 10.2. The van der Waals surface area contributed by atoms with Gasteiger partial charge in [-0.2, -0.15) is 9.90 Å². The van der Waals surface area contributed by atoms with Crippen molar-refractivity contribution in [1.82, 2.24) is 15.0 Å². The van der Waals surface area contributed by atoms with E-state index in [1.165, 1.54) is 18.5 Å². The molecule has 2 aromatic heterocycles. The molecule has 2 aromatic rings. The summed E-state index contributed by atoms with van der Waals surface area (Å²) in [6, 6.07) is 3.13. The van der Waals surface area contributed by atoms with E-state index in [-0.39, 0.29) is 18.1 Å².